The molecule has 1 spiro atoms. The third-order valence-corrected chi connectivity index (χ3v) is 10.5. The summed E-state index contributed by atoms with van der Waals surface area (Å²) >= 11 is 1.44. The van der Waals surface area contributed by atoms with Crippen molar-refractivity contribution in [3.63, 3.8) is 0 Å². The molecular formula is C31H36N2O5S2. The Morgan fingerprint density at radius 3 is 2.62 bits per heavy atom. The standard InChI is InChI=1S/C31H36N2O5S2/c1-4-24-19-26(36-3)27(39-24)21-33-29(38-40(34,35)25-12-10-23(2)11-13-25)20-30(28-9-5-8-17-32-28)16-18-37-31(22-30)14-6-7-15-31/h1,5,8-13,17,19,29,33H,6-7,14-16,18,20-22H2,2-3H3/t29-,30?/m1/s1. The fourth-order valence-corrected chi connectivity index (χ4v) is 8.04. The summed E-state index contributed by atoms with van der Waals surface area (Å²) in [6, 6.07) is 14.5. The molecule has 1 aliphatic carbocycles. The van der Waals surface area contributed by atoms with Crippen molar-refractivity contribution >= 4 is 21.5 Å². The Morgan fingerprint density at radius 2 is 1.95 bits per heavy atom. The second-order valence-corrected chi connectivity index (χ2v) is 13.6. The summed E-state index contributed by atoms with van der Waals surface area (Å²) in [6.45, 7) is 2.85. The van der Waals surface area contributed by atoms with Gasteiger partial charge in [-0.2, -0.15) is 8.42 Å². The van der Waals surface area contributed by atoms with Gasteiger partial charge in [0.25, 0.3) is 10.1 Å². The van der Waals surface area contributed by atoms with E-state index in [-0.39, 0.29) is 10.5 Å². The molecule has 1 aliphatic heterocycles. The van der Waals surface area contributed by atoms with Gasteiger partial charge < -0.3 is 9.47 Å². The quantitative estimate of drug-likeness (QED) is 0.187. The Bertz CT molecular complexity index is 1440. The maximum absolute atomic E-state index is 13.5. The van der Waals surface area contributed by atoms with Gasteiger partial charge in [-0.3, -0.25) is 10.3 Å². The largest absolute Gasteiger partial charge is 0.495 e. The van der Waals surface area contributed by atoms with Crippen molar-refractivity contribution in [2.24, 2.45) is 0 Å². The van der Waals surface area contributed by atoms with Gasteiger partial charge in [-0.15, -0.1) is 17.8 Å². The summed E-state index contributed by atoms with van der Waals surface area (Å²) in [4.78, 5) is 6.53. The molecule has 0 amide bonds. The number of ether oxygens (including phenoxy) is 2. The van der Waals surface area contributed by atoms with Gasteiger partial charge in [0.2, 0.25) is 0 Å². The minimum atomic E-state index is -4.06. The number of nitrogens with one attached hydrogen (secondary N) is 1. The van der Waals surface area contributed by atoms with E-state index in [0.29, 0.717) is 25.3 Å². The Balaban J connectivity index is 1.49. The van der Waals surface area contributed by atoms with Crippen LogP contribution in [0.25, 0.3) is 0 Å². The molecule has 2 atom stereocenters. The van der Waals surface area contributed by atoms with E-state index in [1.54, 1.807) is 37.6 Å². The Labute approximate surface area is 241 Å². The first kappa shape index (κ1) is 28.8. The minimum absolute atomic E-state index is 0.124. The van der Waals surface area contributed by atoms with Crippen LogP contribution in [0.4, 0.5) is 0 Å². The normalized spacial score (nSPS) is 21.2. The number of aryl methyl sites for hydroxylation is 1. The third-order valence-electron chi connectivity index (χ3n) is 8.12. The number of aromatic nitrogens is 1. The second-order valence-electron chi connectivity index (χ2n) is 10.8. The molecule has 2 aliphatic rings. The molecule has 9 heteroatoms. The van der Waals surface area contributed by atoms with Gasteiger partial charge in [0.15, 0.2) is 0 Å². The number of hydrogen-bond donors (Lipinski definition) is 1. The van der Waals surface area contributed by atoms with Crippen LogP contribution in [0.3, 0.4) is 0 Å². The molecule has 2 aromatic heterocycles. The van der Waals surface area contributed by atoms with Crippen LogP contribution < -0.4 is 10.1 Å². The smallest absolute Gasteiger partial charge is 0.298 e. The Hall–Kier alpha value is -2.74. The number of pyridine rings is 1. The second kappa shape index (κ2) is 12.0. The Morgan fingerprint density at radius 1 is 1.18 bits per heavy atom. The topological polar surface area (TPSA) is 86.8 Å². The number of rotatable bonds is 10. The summed E-state index contributed by atoms with van der Waals surface area (Å²) in [5.41, 5.74) is 1.28. The maximum atomic E-state index is 13.5. The molecule has 1 N–H and O–H groups in total. The van der Waals surface area contributed by atoms with Gasteiger partial charge in [-0.1, -0.05) is 42.5 Å². The van der Waals surface area contributed by atoms with E-state index in [4.69, 9.17) is 25.1 Å². The van der Waals surface area contributed by atoms with E-state index in [0.717, 1.165) is 59.5 Å². The van der Waals surface area contributed by atoms with Gasteiger partial charge in [0, 0.05) is 36.5 Å². The summed E-state index contributed by atoms with van der Waals surface area (Å²) in [6.07, 6.45) is 12.8. The van der Waals surface area contributed by atoms with E-state index >= 15 is 0 Å². The summed E-state index contributed by atoms with van der Waals surface area (Å²) in [7, 11) is -2.46. The lowest BCUT2D eigenvalue weighted by molar-refractivity contribution is -0.109. The fraction of sp³-hybridized carbons (Fsp3) is 0.452. The number of hydrogen-bond acceptors (Lipinski definition) is 8. The van der Waals surface area contributed by atoms with Crippen LogP contribution in [0.15, 0.2) is 59.6 Å². The zero-order chi connectivity index (χ0) is 28.2. The molecule has 1 saturated heterocycles. The van der Waals surface area contributed by atoms with Crippen molar-refractivity contribution in [1.82, 2.24) is 10.3 Å². The van der Waals surface area contributed by atoms with E-state index in [1.165, 1.54) is 11.3 Å². The molecule has 1 aromatic carbocycles. The molecule has 1 saturated carbocycles. The molecule has 212 valence electrons. The predicted octanol–water partition coefficient (Wildman–Crippen LogP) is 5.71. The highest BCUT2D eigenvalue weighted by molar-refractivity contribution is 7.86. The molecular weight excluding hydrogens is 544 g/mol. The van der Waals surface area contributed by atoms with Crippen LogP contribution >= 0.6 is 11.3 Å². The lowest BCUT2D eigenvalue weighted by Gasteiger charge is -2.47. The van der Waals surface area contributed by atoms with Crippen molar-refractivity contribution in [2.45, 2.75) is 80.6 Å². The Kier molecular flexibility index (Phi) is 8.64. The number of thiophene rings is 1. The SMILES string of the molecule is C#Cc1cc(OC)c(CN[C@@H](CC2(c3ccccn3)CCOC3(CCCC3)C2)OS(=O)(=O)c2ccc(C)cc2)s1. The number of benzene rings is 1. The van der Waals surface area contributed by atoms with Crippen LogP contribution in [-0.2, 0) is 31.0 Å². The first-order valence-electron chi connectivity index (χ1n) is 13.7. The van der Waals surface area contributed by atoms with Crippen molar-refractivity contribution in [2.75, 3.05) is 13.7 Å². The zero-order valence-electron chi connectivity index (χ0n) is 23.0. The van der Waals surface area contributed by atoms with E-state index in [1.807, 2.05) is 31.2 Å². The number of nitrogens with zero attached hydrogens (tertiary/aromatic N) is 1. The average molecular weight is 581 g/mol. The molecule has 5 rings (SSSR count). The molecule has 0 bridgehead atoms. The van der Waals surface area contributed by atoms with Gasteiger partial charge >= 0.3 is 0 Å². The van der Waals surface area contributed by atoms with Crippen molar-refractivity contribution in [1.29, 1.82) is 0 Å². The van der Waals surface area contributed by atoms with Crippen LogP contribution in [0.5, 0.6) is 5.75 Å². The molecule has 2 fully saturated rings. The summed E-state index contributed by atoms with van der Waals surface area (Å²) in [5, 5.41) is 3.40. The van der Waals surface area contributed by atoms with Crippen LogP contribution in [0, 0.1) is 19.3 Å². The maximum Gasteiger partial charge on any atom is 0.298 e. The molecule has 1 unspecified atom stereocenters. The molecule has 3 aromatic rings. The minimum Gasteiger partial charge on any atom is -0.495 e. The molecule has 0 radical (unpaired) electrons. The fourth-order valence-electron chi connectivity index (χ4n) is 6.13. The van der Waals surface area contributed by atoms with E-state index in [9.17, 15) is 8.42 Å². The van der Waals surface area contributed by atoms with Gasteiger partial charge in [0.05, 0.1) is 27.4 Å². The highest BCUT2D eigenvalue weighted by Gasteiger charge is 2.50. The highest BCUT2D eigenvalue weighted by atomic mass is 32.2. The summed E-state index contributed by atoms with van der Waals surface area (Å²) < 4.78 is 45.0. The third kappa shape index (κ3) is 6.27. The summed E-state index contributed by atoms with van der Waals surface area (Å²) in [5.74, 6) is 3.32. The average Bonchev–Trinajstić information content (AvgIpc) is 3.58. The van der Waals surface area contributed by atoms with Crippen molar-refractivity contribution in [3.05, 3.63) is 75.7 Å². The van der Waals surface area contributed by atoms with Gasteiger partial charge in [0.1, 0.15) is 12.0 Å². The van der Waals surface area contributed by atoms with Crippen molar-refractivity contribution < 1.29 is 22.1 Å². The predicted molar refractivity (Wildman–Crippen MR) is 156 cm³/mol. The number of methoxy groups -OCH3 is 1. The van der Waals surface area contributed by atoms with Gasteiger partial charge in [-0.25, -0.2) is 4.18 Å². The first-order chi connectivity index (χ1) is 19.3. The molecule has 7 nitrogen and oxygen atoms in total. The monoisotopic (exact) mass is 580 g/mol. The lowest BCUT2D eigenvalue weighted by Crippen LogP contribution is -2.50. The highest BCUT2D eigenvalue weighted by Crippen LogP contribution is 2.50. The molecule has 40 heavy (non-hydrogen) atoms. The van der Waals surface area contributed by atoms with Crippen LogP contribution in [0.2, 0.25) is 0 Å². The van der Waals surface area contributed by atoms with E-state index in [2.05, 4.69) is 11.2 Å². The van der Waals surface area contributed by atoms with E-state index < -0.39 is 21.8 Å². The first-order valence-corrected chi connectivity index (χ1v) is 15.9. The van der Waals surface area contributed by atoms with Crippen molar-refractivity contribution in [3.8, 4) is 18.1 Å². The lowest BCUT2D eigenvalue weighted by atomic mass is 9.67. The number of terminal acetylenes is 1. The zero-order valence-corrected chi connectivity index (χ0v) is 24.7. The van der Waals surface area contributed by atoms with Crippen LogP contribution in [-0.4, -0.2) is 38.9 Å². The molecule has 3 heterocycles. The van der Waals surface area contributed by atoms with Gasteiger partial charge in [-0.05, 0) is 63.3 Å². The van der Waals surface area contributed by atoms with Crippen LogP contribution in [0.1, 0.15) is 66.0 Å².